The summed E-state index contributed by atoms with van der Waals surface area (Å²) >= 11 is 0. The van der Waals surface area contributed by atoms with E-state index in [-0.39, 0.29) is 11.6 Å². The van der Waals surface area contributed by atoms with Crippen molar-refractivity contribution in [1.29, 1.82) is 5.26 Å². The van der Waals surface area contributed by atoms with Gasteiger partial charge < -0.3 is 9.64 Å². The summed E-state index contributed by atoms with van der Waals surface area (Å²) in [5, 5.41) is 8.85. The van der Waals surface area contributed by atoms with Crippen LogP contribution in [0.2, 0.25) is 0 Å². The van der Waals surface area contributed by atoms with Crippen molar-refractivity contribution in [1.82, 2.24) is 4.90 Å². The van der Waals surface area contributed by atoms with Crippen LogP contribution in [-0.4, -0.2) is 29.7 Å². The van der Waals surface area contributed by atoms with Crippen molar-refractivity contribution in [3.05, 3.63) is 0 Å². The Balaban J connectivity index is 2.61. The molecule has 0 saturated carbocycles. The maximum Gasteiger partial charge on any atom is 0.179 e. The molecule has 1 fully saturated rings. The molecule has 1 atom stereocenters. The molecule has 3 nitrogen and oxygen atoms in total. The summed E-state index contributed by atoms with van der Waals surface area (Å²) in [7, 11) is 0. The van der Waals surface area contributed by atoms with E-state index in [0.717, 1.165) is 6.42 Å². The first-order valence-electron chi connectivity index (χ1n) is 4.39. The van der Waals surface area contributed by atoms with Crippen LogP contribution in [0.1, 0.15) is 27.2 Å². The first kappa shape index (κ1) is 9.34. The van der Waals surface area contributed by atoms with Crippen molar-refractivity contribution >= 4 is 0 Å². The van der Waals surface area contributed by atoms with Crippen LogP contribution < -0.4 is 0 Å². The van der Waals surface area contributed by atoms with E-state index in [1.807, 2.05) is 18.7 Å². The number of morpholine rings is 1. The van der Waals surface area contributed by atoms with Crippen molar-refractivity contribution in [3.8, 4) is 6.19 Å². The summed E-state index contributed by atoms with van der Waals surface area (Å²) in [5.41, 5.74) is -0.165. The first-order chi connectivity index (χ1) is 5.59. The highest BCUT2D eigenvalue weighted by molar-refractivity contribution is 4.91. The lowest BCUT2D eigenvalue weighted by Gasteiger charge is -2.40. The molecule has 1 aliphatic rings. The molecule has 3 heteroatoms. The molecule has 68 valence electrons. The molecule has 1 unspecified atom stereocenters. The maximum atomic E-state index is 8.85. The summed E-state index contributed by atoms with van der Waals surface area (Å²) in [4.78, 5) is 1.82. The van der Waals surface area contributed by atoms with Gasteiger partial charge in [-0.3, -0.25) is 0 Å². The number of rotatable bonds is 1. The van der Waals surface area contributed by atoms with Gasteiger partial charge in [-0.2, -0.15) is 5.26 Å². The van der Waals surface area contributed by atoms with Gasteiger partial charge in [0.25, 0.3) is 0 Å². The molecule has 0 spiro atoms. The number of hydrogen-bond donors (Lipinski definition) is 0. The van der Waals surface area contributed by atoms with Gasteiger partial charge >= 0.3 is 0 Å². The lowest BCUT2D eigenvalue weighted by atomic mass is 10.0. The number of hydrogen-bond acceptors (Lipinski definition) is 3. The Hall–Kier alpha value is -0.750. The zero-order valence-corrected chi connectivity index (χ0v) is 8.00. The van der Waals surface area contributed by atoms with Gasteiger partial charge in [0.05, 0.1) is 24.8 Å². The summed E-state index contributed by atoms with van der Waals surface area (Å²) < 4.78 is 5.61. The zero-order valence-electron chi connectivity index (χ0n) is 8.00. The summed E-state index contributed by atoms with van der Waals surface area (Å²) in [6.07, 6.45) is 3.19. The molecule has 0 aliphatic carbocycles. The van der Waals surface area contributed by atoms with Crippen molar-refractivity contribution in [2.75, 3.05) is 13.2 Å². The van der Waals surface area contributed by atoms with Crippen LogP contribution in [0.15, 0.2) is 0 Å². The second kappa shape index (κ2) is 3.32. The van der Waals surface area contributed by atoms with E-state index in [9.17, 15) is 0 Å². The molecule has 0 N–H and O–H groups in total. The van der Waals surface area contributed by atoms with Crippen LogP contribution in [0.3, 0.4) is 0 Å². The highest BCUT2D eigenvalue weighted by Crippen LogP contribution is 2.21. The van der Waals surface area contributed by atoms with Gasteiger partial charge in [0.15, 0.2) is 6.19 Å². The molecule has 12 heavy (non-hydrogen) atoms. The number of ether oxygens (including phenoxy) is 1. The molecule has 0 aromatic heterocycles. The molecule has 1 heterocycles. The quantitative estimate of drug-likeness (QED) is 0.555. The summed E-state index contributed by atoms with van der Waals surface area (Å²) in [5.74, 6) is 0. The van der Waals surface area contributed by atoms with Gasteiger partial charge in [-0.1, -0.05) is 6.92 Å². The highest BCUT2D eigenvalue weighted by Gasteiger charge is 2.32. The minimum absolute atomic E-state index is 0.165. The molecule has 0 aromatic rings. The Morgan fingerprint density at radius 2 is 2.33 bits per heavy atom. The van der Waals surface area contributed by atoms with Crippen LogP contribution in [0.5, 0.6) is 0 Å². The SMILES string of the molecule is CCC1COC(C)(C)CN1C#N. The van der Waals surface area contributed by atoms with Crippen molar-refractivity contribution in [2.24, 2.45) is 0 Å². The Morgan fingerprint density at radius 1 is 1.67 bits per heavy atom. The Morgan fingerprint density at radius 3 is 2.83 bits per heavy atom. The third-order valence-corrected chi connectivity index (χ3v) is 2.26. The predicted octanol–water partition coefficient (Wildman–Crippen LogP) is 1.36. The van der Waals surface area contributed by atoms with E-state index in [1.54, 1.807) is 0 Å². The fourth-order valence-electron chi connectivity index (χ4n) is 1.45. The molecule has 0 radical (unpaired) electrons. The van der Waals surface area contributed by atoms with Crippen molar-refractivity contribution in [2.45, 2.75) is 38.8 Å². The van der Waals surface area contributed by atoms with E-state index in [1.165, 1.54) is 0 Å². The van der Waals surface area contributed by atoms with E-state index < -0.39 is 0 Å². The van der Waals surface area contributed by atoms with Gasteiger partial charge in [0.1, 0.15) is 0 Å². The first-order valence-corrected chi connectivity index (χ1v) is 4.39. The second-order valence-corrected chi connectivity index (χ2v) is 3.86. The van der Waals surface area contributed by atoms with Crippen LogP contribution in [0.4, 0.5) is 0 Å². The lowest BCUT2D eigenvalue weighted by Crippen LogP contribution is -2.51. The van der Waals surface area contributed by atoms with Gasteiger partial charge in [-0.25, -0.2) is 0 Å². The molecule has 0 amide bonds. The standard InChI is InChI=1S/C9H16N2O/c1-4-8-5-12-9(2,3)6-11(8)7-10/h8H,4-6H2,1-3H3. The Bertz CT molecular complexity index is 195. The van der Waals surface area contributed by atoms with Gasteiger partial charge in [-0.15, -0.1) is 0 Å². The average molecular weight is 168 g/mol. The van der Waals surface area contributed by atoms with E-state index in [4.69, 9.17) is 10.00 Å². The second-order valence-electron chi connectivity index (χ2n) is 3.86. The van der Waals surface area contributed by atoms with E-state index >= 15 is 0 Å². The molecule has 0 aromatic carbocycles. The summed E-state index contributed by atoms with van der Waals surface area (Å²) in [6.45, 7) is 7.50. The largest absolute Gasteiger partial charge is 0.372 e. The smallest absolute Gasteiger partial charge is 0.179 e. The molecular weight excluding hydrogens is 152 g/mol. The molecule has 1 rings (SSSR count). The topological polar surface area (TPSA) is 36.3 Å². The third-order valence-electron chi connectivity index (χ3n) is 2.26. The average Bonchev–Trinajstić information content (AvgIpc) is 2.03. The molecule has 0 bridgehead atoms. The predicted molar refractivity (Wildman–Crippen MR) is 46.4 cm³/mol. The third kappa shape index (κ3) is 1.89. The van der Waals surface area contributed by atoms with Crippen molar-refractivity contribution in [3.63, 3.8) is 0 Å². The van der Waals surface area contributed by atoms with Gasteiger partial charge in [0, 0.05) is 0 Å². The van der Waals surface area contributed by atoms with Crippen LogP contribution in [0.25, 0.3) is 0 Å². The summed E-state index contributed by atoms with van der Waals surface area (Å²) in [6, 6.07) is 0.281. The highest BCUT2D eigenvalue weighted by atomic mass is 16.5. The van der Waals surface area contributed by atoms with Gasteiger partial charge in [0.2, 0.25) is 0 Å². The van der Waals surface area contributed by atoms with Crippen molar-refractivity contribution < 1.29 is 4.74 Å². The van der Waals surface area contributed by atoms with Crippen LogP contribution >= 0.6 is 0 Å². The molecule has 1 saturated heterocycles. The number of nitrogens with zero attached hydrogens (tertiary/aromatic N) is 2. The zero-order chi connectivity index (χ0) is 9.19. The van der Waals surface area contributed by atoms with Gasteiger partial charge in [-0.05, 0) is 20.3 Å². The fraction of sp³-hybridized carbons (Fsp3) is 0.889. The van der Waals surface area contributed by atoms with E-state index in [0.29, 0.717) is 13.2 Å². The minimum atomic E-state index is -0.165. The Labute approximate surface area is 73.9 Å². The number of nitriles is 1. The fourth-order valence-corrected chi connectivity index (χ4v) is 1.45. The normalized spacial score (nSPS) is 28.2. The maximum absolute atomic E-state index is 8.85. The Kier molecular flexibility index (Phi) is 2.58. The van der Waals surface area contributed by atoms with Crippen LogP contribution in [0, 0.1) is 11.5 Å². The molecule has 1 aliphatic heterocycles. The monoisotopic (exact) mass is 168 g/mol. The van der Waals surface area contributed by atoms with E-state index in [2.05, 4.69) is 13.1 Å². The van der Waals surface area contributed by atoms with Crippen LogP contribution in [-0.2, 0) is 4.74 Å². The minimum Gasteiger partial charge on any atom is -0.372 e. The lowest BCUT2D eigenvalue weighted by molar-refractivity contribution is -0.0976. The molecular formula is C9H16N2O.